The van der Waals surface area contributed by atoms with Gasteiger partial charge in [0.05, 0.1) is 5.69 Å². The number of halogens is 1. The maximum Gasteiger partial charge on any atom is 0.274 e. The van der Waals surface area contributed by atoms with E-state index < -0.39 is 0 Å². The number of benzene rings is 1. The fourth-order valence-electron chi connectivity index (χ4n) is 1.51. The molecule has 0 bridgehead atoms. The highest BCUT2D eigenvalue weighted by Gasteiger charge is 2.25. The lowest BCUT2D eigenvalue weighted by molar-refractivity contribution is -0.110. The van der Waals surface area contributed by atoms with Crippen LogP contribution in [0, 0.1) is 0 Å². The van der Waals surface area contributed by atoms with Crippen molar-refractivity contribution in [2.75, 3.05) is 5.32 Å². The van der Waals surface area contributed by atoms with Crippen LogP contribution in [0.1, 0.15) is 19.4 Å². The van der Waals surface area contributed by atoms with E-state index in [0.29, 0.717) is 5.71 Å². The molecule has 0 radical (unpaired) electrons. The van der Waals surface area contributed by atoms with E-state index in [9.17, 15) is 4.79 Å². The van der Waals surface area contributed by atoms with Crippen LogP contribution in [0.25, 0.3) is 0 Å². The number of carbonyl (C=O) groups is 1. The van der Waals surface area contributed by atoms with Gasteiger partial charge in [0.15, 0.2) is 0 Å². The van der Waals surface area contributed by atoms with Crippen LogP contribution in [0.15, 0.2) is 27.7 Å². The molecule has 0 spiro atoms. The second kappa shape index (κ2) is 3.77. The van der Waals surface area contributed by atoms with Gasteiger partial charge in [-0.1, -0.05) is 15.9 Å². The summed E-state index contributed by atoms with van der Waals surface area (Å²) in [6.07, 6.45) is 0. The lowest BCUT2D eigenvalue weighted by Gasteiger charge is -2.00. The Morgan fingerprint density at radius 1 is 1.40 bits per heavy atom. The van der Waals surface area contributed by atoms with E-state index >= 15 is 0 Å². The van der Waals surface area contributed by atoms with Gasteiger partial charge < -0.3 is 5.32 Å². The van der Waals surface area contributed by atoms with Crippen LogP contribution >= 0.6 is 15.9 Å². The average molecular weight is 267 g/mol. The molecule has 1 aromatic rings. The van der Waals surface area contributed by atoms with E-state index in [0.717, 1.165) is 15.7 Å². The smallest absolute Gasteiger partial charge is 0.274 e. The van der Waals surface area contributed by atoms with Gasteiger partial charge in [-0.25, -0.2) is 0 Å². The van der Waals surface area contributed by atoms with E-state index in [1.807, 2.05) is 32.0 Å². The fourth-order valence-corrected chi connectivity index (χ4v) is 1.87. The number of nitrogens with one attached hydrogen (secondary N) is 1. The highest BCUT2D eigenvalue weighted by Crippen LogP contribution is 2.27. The third kappa shape index (κ3) is 1.95. The van der Waals surface area contributed by atoms with Gasteiger partial charge in [0.25, 0.3) is 5.91 Å². The minimum atomic E-state index is -0.114. The highest BCUT2D eigenvalue weighted by atomic mass is 79.9. The number of anilines is 1. The molecular formula is C11H11BrN2O. The summed E-state index contributed by atoms with van der Waals surface area (Å²) in [5.41, 5.74) is 2.24. The fraction of sp³-hybridized carbons (Fsp3) is 0.273. The van der Waals surface area contributed by atoms with E-state index in [1.54, 1.807) is 0 Å². The van der Waals surface area contributed by atoms with Crippen molar-refractivity contribution in [1.29, 1.82) is 0 Å². The Kier molecular flexibility index (Phi) is 2.61. The number of nitrogens with zero attached hydrogens (tertiary/aromatic N) is 1. The molecule has 0 fully saturated rings. The maximum absolute atomic E-state index is 11.6. The molecule has 1 aliphatic heterocycles. The summed E-state index contributed by atoms with van der Waals surface area (Å²) in [5, 5.41) is 2.79. The Hall–Kier alpha value is -1.16. The number of aliphatic imine (C=N–C) groups is 1. The van der Waals surface area contributed by atoms with Crippen LogP contribution in [-0.2, 0) is 4.79 Å². The summed E-state index contributed by atoms with van der Waals surface area (Å²) < 4.78 is 0.953. The Morgan fingerprint density at radius 3 is 2.80 bits per heavy atom. The van der Waals surface area contributed by atoms with Crippen molar-refractivity contribution < 1.29 is 4.79 Å². The van der Waals surface area contributed by atoms with Gasteiger partial charge in [-0.2, -0.15) is 0 Å². The first-order chi connectivity index (χ1) is 7.08. The molecule has 1 N–H and O–H groups in total. The number of fused-ring (bicyclic) bond motifs is 1. The van der Waals surface area contributed by atoms with Crippen molar-refractivity contribution in [3.8, 4) is 0 Å². The van der Waals surface area contributed by atoms with E-state index in [-0.39, 0.29) is 11.9 Å². The topological polar surface area (TPSA) is 41.5 Å². The second-order valence-corrected chi connectivity index (χ2v) is 4.63. The number of carbonyl (C=O) groups excluding carboxylic acids is 1. The molecular weight excluding hydrogens is 256 g/mol. The van der Waals surface area contributed by atoms with Crippen LogP contribution in [-0.4, -0.2) is 17.7 Å². The third-order valence-corrected chi connectivity index (χ3v) is 2.58. The third-order valence-electron chi connectivity index (χ3n) is 2.09. The molecule has 0 unspecified atom stereocenters. The average Bonchev–Trinajstić information content (AvgIpc) is 2.43. The molecule has 1 aromatic carbocycles. The van der Waals surface area contributed by atoms with Crippen molar-refractivity contribution in [3.05, 3.63) is 28.2 Å². The van der Waals surface area contributed by atoms with Gasteiger partial charge in [-0.3, -0.25) is 9.79 Å². The van der Waals surface area contributed by atoms with E-state index in [1.165, 1.54) is 0 Å². The van der Waals surface area contributed by atoms with Crippen LogP contribution in [0.2, 0.25) is 0 Å². The van der Waals surface area contributed by atoms with Gasteiger partial charge >= 0.3 is 0 Å². The standard InChI is InChI=1S/C11H11BrN2O/c1-6(2)13-10-8-5-7(12)3-4-9(8)14-11(10)15/h3-6H,1-2H3,(H,13,14,15). The van der Waals surface area contributed by atoms with Gasteiger partial charge in [-0.05, 0) is 32.0 Å². The van der Waals surface area contributed by atoms with Crippen molar-refractivity contribution in [3.63, 3.8) is 0 Å². The van der Waals surface area contributed by atoms with Crippen molar-refractivity contribution >= 4 is 33.2 Å². The quantitative estimate of drug-likeness (QED) is 0.834. The number of rotatable bonds is 1. The molecule has 0 saturated carbocycles. The lowest BCUT2D eigenvalue weighted by atomic mass is 10.1. The molecule has 0 aromatic heterocycles. The Bertz CT molecular complexity index is 452. The SMILES string of the molecule is CC(C)N=C1C(=O)Nc2ccc(Br)cc21. The first-order valence-corrected chi connectivity index (χ1v) is 5.56. The predicted octanol–water partition coefficient (Wildman–Crippen LogP) is 2.60. The van der Waals surface area contributed by atoms with Crippen molar-refractivity contribution in [2.45, 2.75) is 19.9 Å². The van der Waals surface area contributed by atoms with Crippen molar-refractivity contribution in [1.82, 2.24) is 0 Å². The van der Waals surface area contributed by atoms with Crippen LogP contribution in [0.4, 0.5) is 5.69 Å². The van der Waals surface area contributed by atoms with Gasteiger partial charge in [0.1, 0.15) is 5.71 Å². The summed E-state index contributed by atoms with van der Waals surface area (Å²) in [5.74, 6) is -0.114. The maximum atomic E-state index is 11.6. The first kappa shape index (κ1) is 10.4. The summed E-state index contributed by atoms with van der Waals surface area (Å²) >= 11 is 3.38. The molecule has 0 aliphatic carbocycles. The Morgan fingerprint density at radius 2 is 2.13 bits per heavy atom. The zero-order valence-electron chi connectivity index (χ0n) is 8.54. The zero-order chi connectivity index (χ0) is 11.0. The van der Waals surface area contributed by atoms with E-state index in [4.69, 9.17) is 0 Å². The molecule has 0 saturated heterocycles. The van der Waals surface area contributed by atoms with Crippen LogP contribution in [0.3, 0.4) is 0 Å². The monoisotopic (exact) mass is 266 g/mol. The zero-order valence-corrected chi connectivity index (χ0v) is 10.1. The molecule has 1 aliphatic rings. The normalized spacial score (nSPS) is 17.1. The molecule has 15 heavy (non-hydrogen) atoms. The molecule has 4 heteroatoms. The predicted molar refractivity (Wildman–Crippen MR) is 64.4 cm³/mol. The summed E-state index contributed by atoms with van der Waals surface area (Å²) in [6.45, 7) is 3.91. The van der Waals surface area contributed by atoms with Crippen molar-refractivity contribution in [2.24, 2.45) is 4.99 Å². The molecule has 2 rings (SSSR count). The minimum absolute atomic E-state index is 0.114. The van der Waals surface area contributed by atoms with Gasteiger partial charge in [-0.15, -0.1) is 0 Å². The summed E-state index contributed by atoms with van der Waals surface area (Å²) in [6, 6.07) is 5.81. The Balaban J connectivity index is 2.53. The second-order valence-electron chi connectivity index (χ2n) is 3.72. The molecule has 1 amide bonds. The van der Waals surface area contributed by atoms with Gasteiger partial charge in [0, 0.05) is 16.1 Å². The Labute approximate surface area is 96.7 Å². The molecule has 1 heterocycles. The summed E-state index contributed by atoms with van der Waals surface area (Å²) in [7, 11) is 0. The van der Waals surface area contributed by atoms with Gasteiger partial charge in [0.2, 0.25) is 0 Å². The molecule has 78 valence electrons. The number of hydrogen-bond donors (Lipinski definition) is 1. The number of amides is 1. The minimum Gasteiger partial charge on any atom is -0.320 e. The van der Waals surface area contributed by atoms with E-state index in [2.05, 4.69) is 26.2 Å². The lowest BCUT2D eigenvalue weighted by Crippen LogP contribution is -2.16. The molecule has 0 atom stereocenters. The number of hydrogen-bond acceptors (Lipinski definition) is 2. The van der Waals surface area contributed by atoms with Crippen LogP contribution < -0.4 is 5.32 Å². The highest BCUT2D eigenvalue weighted by molar-refractivity contribution is 9.10. The largest absolute Gasteiger partial charge is 0.320 e. The summed E-state index contributed by atoms with van der Waals surface area (Å²) in [4.78, 5) is 15.9. The molecule has 3 nitrogen and oxygen atoms in total. The van der Waals surface area contributed by atoms with Crippen LogP contribution in [0.5, 0.6) is 0 Å². The first-order valence-electron chi connectivity index (χ1n) is 4.77.